The van der Waals surface area contributed by atoms with Crippen molar-refractivity contribution in [2.75, 3.05) is 5.73 Å². The molecule has 0 aliphatic heterocycles. The molecule has 2 N–H and O–H groups in total. The van der Waals surface area contributed by atoms with Crippen LogP contribution in [0.25, 0.3) is 11.4 Å². The van der Waals surface area contributed by atoms with E-state index in [1.54, 1.807) is 16.8 Å². The Balaban J connectivity index is 2.19. The van der Waals surface area contributed by atoms with Crippen molar-refractivity contribution < 1.29 is 4.39 Å². The summed E-state index contributed by atoms with van der Waals surface area (Å²) in [5, 5.41) is 11.4. The highest BCUT2D eigenvalue weighted by atomic mass is 19.1. The van der Waals surface area contributed by atoms with Gasteiger partial charge in [-0.15, -0.1) is 5.10 Å². The van der Waals surface area contributed by atoms with Crippen molar-refractivity contribution in [3.63, 3.8) is 0 Å². The monoisotopic (exact) mass is 263 g/mol. The summed E-state index contributed by atoms with van der Waals surface area (Å²) in [5.41, 5.74) is 6.30. The van der Waals surface area contributed by atoms with E-state index in [4.69, 9.17) is 5.73 Å². The topological polar surface area (TPSA) is 69.6 Å². The first kappa shape index (κ1) is 13.5. The number of nitrogen functional groups attached to an aromatic ring is 1. The van der Waals surface area contributed by atoms with Crippen molar-refractivity contribution in [3.05, 3.63) is 24.0 Å². The molecule has 0 spiro atoms. The van der Waals surface area contributed by atoms with E-state index in [-0.39, 0.29) is 0 Å². The van der Waals surface area contributed by atoms with Crippen LogP contribution in [0.2, 0.25) is 0 Å². The molecule has 6 heteroatoms. The van der Waals surface area contributed by atoms with E-state index < -0.39 is 5.82 Å². The minimum absolute atomic E-state index is 0.378. The van der Waals surface area contributed by atoms with Crippen LogP contribution in [0, 0.1) is 11.7 Å². The van der Waals surface area contributed by atoms with Gasteiger partial charge in [-0.05, 0) is 47.4 Å². The second kappa shape index (κ2) is 5.77. The van der Waals surface area contributed by atoms with Crippen LogP contribution in [0.1, 0.15) is 26.7 Å². The summed E-state index contributed by atoms with van der Waals surface area (Å²) in [6, 6.07) is 4.53. The van der Waals surface area contributed by atoms with Gasteiger partial charge in [-0.1, -0.05) is 13.8 Å². The molecule has 0 atom stereocenters. The fourth-order valence-electron chi connectivity index (χ4n) is 1.91. The Morgan fingerprint density at radius 1 is 1.37 bits per heavy atom. The van der Waals surface area contributed by atoms with Crippen molar-refractivity contribution in [1.82, 2.24) is 20.2 Å². The quantitative estimate of drug-likeness (QED) is 0.841. The number of anilines is 1. The number of hydrogen-bond donors (Lipinski definition) is 1. The molecule has 0 bridgehead atoms. The van der Waals surface area contributed by atoms with E-state index in [9.17, 15) is 4.39 Å². The average molecular weight is 263 g/mol. The summed E-state index contributed by atoms with van der Waals surface area (Å²) in [6.45, 7) is 5.02. The van der Waals surface area contributed by atoms with E-state index in [0.717, 1.165) is 12.8 Å². The molecule has 0 amide bonds. The molecule has 0 aliphatic carbocycles. The van der Waals surface area contributed by atoms with Gasteiger partial charge in [0.2, 0.25) is 0 Å². The number of aryl methyl sites for hydroxylation is 1. The molecule has 1 aromatic carbocycles. The minimum atomic E-state index is -0.403. The van der Waals surface area contributed by atoms with Crippen LogP contribution in [-0.4, -0.2) is 20.2 Å². The van der Waals surface area contributed by atoms with Gasteiger partial charge in [0, 0.05) is 12.2 Å². The maximum Gasteiger partial charge on any atom is 0.184 e. The molecular formula is C13H18FN5. The Hall–Kier alpha value is -1.98. The standard InChI is InChI=1S/C13H18FN5/c1-9(2)4-3-7-19-13(16-17-18-19)11-6-5-10(15)8-12(11)14/h5-6,8-9H,3-4,7,15H2,1-2H3. The number of aromatic nitrogens is 4. The van der Waals surface area contributed by atoms with E-state index in [1.807, 2.05) is 0 Å². The summed E-state index contributed by atoms with van der Waals surface area (Å²) in [5.74, 6) is 0.675. The van der Waals surface area contributed by atoms with E-state index in [2.05, 4.69) is 29.4 Å². The number of rotatable bonds is 5. The molecule has 2 aromatic rings. The maximum atomic E-state index is 13.9. The summed E-state index contributed by atoms with van der Waals surface area (Å²) >= 11 is 0. The van der Waals surface area contributed by atoms with Gasteiger partial charge in [-0.2, -0.15) is 0 Å². The fraction of sp³-hybridized carbons (Fsp3) is 0.462. The van der Waals surface area contributed by atoms with E-state index in [1.165, 1.54) is 6.07 Å². The van der Waals surface area contributed by atoms with Crippen LogP contribution in [0.3, 0.4) is 0 Å². The second-order valence-electron chi connectivity index (χ2n) is 5.00. The van der Waals surface area contributed by atoms with Crippen LogP contribution in [0.5, 0.6) is 0 Å². The van der Waals surface area contributed by atoms with Crippen molar-refractivity contribution >= 4 is 5.69 Å². The molecule has 0 aliphatic rings. The predicted octanol–water partition coefficient (Wildman–Crippen LogP) is 2.50. The highest BCUT2D eigenvalue weighted by Crippen LogP contribution is 2.22. The Labute approximate surface area is 111 Å². The molecule has 19 heavy (non-hydrogen) atoms. The molecule has 0 saturated heterocycles. The van der Waals surface area contributed by atoms with Crippen LogP contribution >= 0.6 is 0 Å². The van der Waals surface area contributed by atoms with Crippen molar-refractivity contribution in [2.24, 2.45) is 5.92 Å². The Morgan fingerprint density at radius 3 is 2.84 bits per heavy atom. The summed E-state index contributed by atoms with van der Waals surface area (Å²) in [7, 11) is 0. The lowest BCUT2D eigenvalue weighted by Crippen LogP contribution is -2.05. The number of hydrogen-bond acceptors (Lipinski definition) is 4. The lowest BCUT2D eigenvalue weighted by atomic mass is 10.1. The van der Waals surface area contributed by atoms with Gasteiger partial charge in [-0.3, -0.25) is 0 Å². The first-order valence-corrected chi connectivity index (χ1v) is 6.39. The zero-order valence-electron chi connectivity index (χ0n) is 11.2. The third-order valence-corrected chi connectivity index (χ3v) is 2.92. The molecule has 0 radical (unpaired) electrons. The summed E-state index contributed by atoms with van der Waals surface area (Å²) in [4.78, 5) is 0. The molecule has 1 heterocycles. The largest absolute Gasteiger partial charge is 0.399 e. The zero-order valence-corrected chi connectivity index (χ0v) is 11.2. The number of tetrazole rings is 1. The van der Waals surface area contributed by atoms with Crippen molar-refractivity contribution in [3.8, 4) is 11.4 Å². The van der Waals surface area contributed by atoms with Crippen LogP contribution in [0.15, 0.2) is 18.2 Å². The Kier molecular flexibility index (Phi) is 4.09. The molecule has 0 fully saturated rings. The number of halogens is 1. The fourth-order valence-corrected chi connectivity index (χ4v) is 1.91. The highest BCUT2D eigenvalue weighted by Gasteiger charge is 2.13. The lowest BCUT2D eigenvalue weighted by Gasteiger charge is -2.07. The molecule has 5 nitrogen and oxygen atoms in total. The van der Waals surface area contributed by atoms with Gasteiger partial charge in [0.05, 0.1) is 5.56 Å². The maximum absolute atomic E-state index is 13.9. The first-order chi connectivity index (χ1) is 9.08. The smallest absolute Gasteiger partial charge is 0.184 e. The normalized spacial score (nSPS) is 11.2. The molecule has 1 aromatic heterocycles. The highest BCUT2D eigenvalue weighted by molar-refractivity contribution is 5.59. The van der Waals surface area contributed by atoms with Gasteiger partial charge in [0.1, 0.15) is 5.82 Å². The van der Waals surface area contributed by atoms with Crippen molar-refractivity contribution in [1.29, 1.82) is 0 Å². The van der Waals surface area contributed by atoms with Crippen molar-refractivity contribution in [2.45, 2.75) is 33.2 Å². The molecule has 2 rings (SSSR count). The summed E-state index contributed by atoms with van der Waals surface area (Å²) in [6.07, 6.45) is 2.05. The number of nitrogens with zero attached hydrogens (tertiary/aromatic N) is 4. The van der Waals surface area contributed by atoms with E-state index >= 15 is 0 Å². The Bertz CT molecular complexity index is 550. The molecule has 102 valence electrons. The summed E-state index contributed by atoms with van der Waals surface area (Å²) < 4.78 is 15.5. The second-order valence-corrected chi connectivity index (χ2v) is 5.00. The van der Waals surface area contributed by atoms with Gasteiger partial charge in [0.25, 0.3) is 0 Å². The molecular weight excluding hydrogens is 245 g/mol. The average Bonchev–Trinajstić information content (AvgIpc) is 2.77. The van der Waals surface area contributed by atoms with Gasteiger partial charge >= 0.3 is 0 Å². The van der Waals surface area contributed by atoms with Gasteiger partial charge < -0.3 is 5.73 Å². The zero-order chi connectivity index (χ0) is 13.8. The van der Waals surface area contributed by atoms with Gasteiger partial charge in [0.15, 0.2) is 5.82 Å². The lowest BCUT2D eigenvalue weighted by molar-refractivity contribution is 0.484. The number of nitrogens with two attached hydrogens (primary N) is 1. The third-order valence-electron chi connectivity index (χ3n) is 2.92. The predicted molar refractivity (Wildman–Crippen MR) is 71.7 cm³/mol. The van der Waals surface area contributed by atoms with Crippen LogP contribution < -0.4 is 5.73 Å². The SMILES string of the molecule is CC(C)CCCn1nnnc1-c1ccc(N)cc1F. The molecule has 0 saturated carbocycles. The minimum Gasteiger partial charge on any atom is -0.399 e. The third kappa shape index (κ3) is 3.27. The van der Waals surface area contributed by atoms with Crippen LogP contribution in [-0.2, 0) is 6.54 Å². The number of benzene rings is 1. The first-order valence-electron chi connectivity index (χ1n) is 6.39. The van der Waals surface area contributed by atoms with E-state index in [0.29, 0.717) is 29.5 Å². The van der Waals surface area contributed by atoms with Crippen LogP contribution in [0.4, 0.5) is 10.1 Å². The Morgan fingerprint density at radius 2 is 2.16 bits per heavy atom. The molecule has 0 unspecified atom stereocenters. The van der Waals surface area contributed by atoms with Gasteiger partial charge in [-0.25, -0.2) is 9.07 Å².